The summed E-state index contributed by atoms with van der Waals surface area (Å²) in [6, 6.07) is 5.07. The first kappa shape index (κ1) is 13.8. The van der Waals surface area contributed by atoms with Gasteiger partial charge in [0.05, 0.1) is 18.6 Å². The SMILES string of the molecule is Cc1cccc(C(N)=S)c1OCCC(F)(F)F. The molecule has 1 rings (SSSR count). The van der Waals surface area contributed by atoms with Crippen molar-refractivity contribution in [1.82, 2.24) is 0 Å². The van der Waals surface area contributed by atoms with Gasteiger partial charge in [-0.2, -0.15) is 13.2 Å². The van der Waals surface area contributed by atoms with Gasteiger partial charge >= 0.3 is 6.18 Å². The Labute approximate surface area is 103 Å². The van der Waals surface area contributed by atoms with Crippen LogP contribution in [0.25, 0.3) is 0 Å². The highest BCUT2D eigenvalue weighted by molar-refractivity contribution is 7.80. The Morgan fingerprint density at radius 1 is 1.41 bits per heavy atom. The normalized spacial score (nSPS) is 11.3. The second-order valence-electron chi connectivity index (χ2n) is 3.53. The van der Waals surface area contributed by atoms with Gasteiger partial charge in [0.1, 0.15) is 10.7 Å². The highest BCUT2D eigenvalue weighted by atomic mass is 32.1. The summed E-state index contributed by atoms with van der Waals surface area (Å²) in [6.07, 6.45) is -5.23. The van der Waals surface area contributed by atoms with Crippen molar-refractivity contribution in [3.63, 3.8) is 0 Å². The molecule has 0 atom stereocenters. The van der Waals surface area contributed by atoms with Crippen LogP contribution >= 0.6 is 12.2 Å². The number of hydrogen-bond acceptors (Lipinski definition) is 2. The molecule has 0 aliphatic rings. The molecule has 0 fully saturated rings. The highest BCUT2D eigenvalue weighted by Gasteiger charge is 2.27. The van der Waals surface area contributed by atoms with E-state index in [0.717, 1.165) is 0 Å². The molecule has 0 heterocycles. The van der Waals surface area contributed by atoms with E-state index in [0.29, 0.717) is 16.9 Å². The van der Waals surface area contributed by atoms with Gasteiger partial charge in [0.2, 0.25) is 0 Å². The Hall–Kier alpha value is -1.30. The first-order chi connectivity index (χ1) is 7.81. The van der Waals surface area contributed by atoms with Crippen LogP contribution in [-0.4, -0.2) is 17.8 Å². The molecule has 6 heteroatoms. The summed E-state index contributed by atoms with van der Waals surface area (Å²) in [5.74, 6) is 0.323. The van der Waals surface area contributed by atoms with Crippen molar-refractivity contribution in [2.45, 2.75) is 19.5 Å². The molecule has 0 bridgehead atoms. The molecule has 0 saturated carbocycles. The molecule has 0 radical (unpaired) electrons. The maximum absolute atomic E-state index is 12.0. The van der Waals surface area contributed by atoms with E-state index in [1.165, 1.54) is 0 Å². The van der Waals surface area contributed by atoms with Crippen LogP contribution in [0.3, 0.4) is 0 Å². The fraction of sp³-hybridized carbons (Fsp3) is 0.364. The lowest BCUT2D eigenvalue weighted by atomic mass is 10.1. The van der Waals surface area contributed by atoms with Crippen molar-refractivity contribution in [2.24, 2.45) is 5.73 Å². The molecular formula is C11H12F3NOS. The van der Waals surface area contributed by atoms with Gasteiger partial charge in [-0.15, -0.1) is 0 Å². The van der Waals surface area contributed by atoms with Crippen LogP contribution in [0, 0.1) is 6.92 Å². The zero-order valence-corrected chi connectivity index (χ0v) is 9.99. The number of halogens is 3. The molecule has 0 aliphatic carbocycles. The van der Waals surface area contributed by atoms with Gasteiger partial charge in [-0.3, -0.25) is 0 Å². The van der Waals surface area contributed by atoms with Crippen LogP contribution in [0.4, 0.5) is 13.2 Å². The Bertz CT molecular complexity index is 418. The van der Waals surface area contributed by atoms with E-state index < -0.39 is 19.2 Å². The van der Waals surface area contributed by atoms with E-state index in [4.69, 9.17) is 22.7 Å². The van der Waals surface area contributed by atoms with Crippen molar-refractivity contribution in [3.8, 4) is 5.75 Å². The zero-order valence-electron chi connectivity index (χ0n) is 9.17. The number of para-hydroxylation sites is 1. The Balaban J connectivity index is 2.79. The summed E-state index contributed by atoms with van der Waals surface area (Å²) < 4.78 is 41.1. The first-order valence-corrected chi connectivity index (χ1v) is 5.31. The van der Waals surface area contributed by atoms with Crippen LogP contribution in [0.1, 0.15) is 17.5 Å². The summed E-state index contributed by atoms with van der Waals surface area (Å²) in [7, 11) is 0. The maximum Gasteiger partial charge on any atom is 0.392 e. The molecule has 0 unspecified atom stereocenters. The number of nitrogens with two attached hydrogens (primary N) is 1. The largest absolute Gasteiger partial charge is 0.492 e. The Morgan fingerprint density at radius 3 is 2.59 bits per heavy atom. The summed E-state index contributed by atoms with van der Waals surface area (Å²) in [4.78, 5) is 0.107. The van der Waals surface area contributed by atoms with Gasteiger partial charge in [-0.05, 0) is 18.6 Å². The molecule has 0 aliphatic heterocycles. The minimum atomic E-state index is -4.23. The number of alkyl halides is 3. The summed E-state index contributed by atoms with van der Waals surface area (Å²) in [5.41, 5.74) is 6.64. The first-order valence-electron chi connectivity index (χ1n) is 4.90. The number of aryl methyl sites for hydroxylation is 1. The second kappa shape index (κ2) is 5.35. The molecule has 0 saturated heterocycles. The average molecular weight is 263 g/mol. The van der Waals surface area contributed by atoms with E-state index in [1.54, 1.807) is 25.1 Å². The lowest BCUT2D eigenvalue weighted by Gasteiger charge is -2.14. The van der Waals surface area contributed by atoms with Crippen LogP contribution in [0.15, 0.2) is 18.2 Å². The van der Waals surface area contributed by atoms with Gasteiger partial charge in [0.15, 0.2) is 0 Å². The van der Waals surface area contributed by atoms with E-state index in [-0.39, 0.29) is 4.99 Å². The van der Waals surface area contributed by atoms with E-state index in [9.17, 15) is 13.2 Å². The molecular weight excluding hydrogens is 251 g/mol. The summed E-state index contributed by atoms with van der Waals surface area (Å²) in [5, 5.41) is 0. The molecule has 0 aromatic heterocycles. The molecule has 1 aromatic rings. The third-order valence-corrected chi connectivity index (χ3v) is 2.33. The predicted octanol–water partition coefficient (Wildman–Crippen LogP) is 2.96. The number of rotatable bonds is 4. The van der Waals surface area contributed by atoms with Gasteiger partial charge in [0, 0.05) is 0 Å². The molecule has 1 aromatic carbocycles. The average Bonchev–Trinajstić information content (AvgIpc) is 2.18. The number of benzene rings is 1. The van der Waals surface area contributed by atoms with Crippen LogP contribution in [0.2, 0.25) is 0 Å². The monoisotopic (exact) mass is 263 g/mol. The maximum atomic E-state index is 12.0. The molecule has 0 spiro atoms. The third kappa shape index (κ3) is 4.22. The molecule has 17 heavy (non-hydrogen) atoms. The third-order valence-electron chi connectivity index (χ3n) is 2.11. The van der Waals surface area contributed by atoms with Crippen molar-refractivity contribution < 1.29 is 17.9 Å². The number of thiocarbonyl (C=S) groups is 1. The minimum Gasteiger partial charge on any atom is -0.492 e. The van der Waals surface area contributed by atoms with Crippen molar-refractivity contribution >= 4 is 17.2 Å². The van der Waals surface area contributed by atoms with Crippen molar-refractivity contribution in [2.75, 3.05) is 6.61 Å². The van der Waals surface area contributed by atoms with E-state index in [1.807, 2.05) is 0 Å². The van der Waals surface area contributed by atoms with Crippen molar-refractivity contribution in [1.29, 1.82) is 0 Å². The Morgan fingerprint density at radius 2 is 2.06 bits per heavy atom. The smallest absolute Gasteiger partial charge is 0.392 e. The van der Waals surface area contributed by atoms with Crippen LogP contribution < -0.4 is 10.5 Å². The number of ether oxygens (including phenoxy) is 1. The van der Waals surface area contributed by atoms with Crippen molar-refractivity contribution in [3.05, 3.63) is 29.3 Å². The topological polar surface area (TPSA) is 35.2 Å². The quantitative estimate of drug-likeness (QED) is 0.848. The molecule has 94 valence electrons. The molecule has 2 nitrogen and oxygen atoms in total. The highest BCUT2D eigenvalue weighted by Crippen LogP contribution is 2.25. The summed E-state index contributed by atoms with van der Waals surface area (Å²) >= 11 is 4.81. The standard InChI is InChI=1S/C11H12F3NOS/c1-7-3-2-4-8(10(15)17)9(7)16-6-5-11(12,13)14/h2-4H,5-6H2,1H3,(H2,15,17). The van der Waals surface area contributed by atoms with Crippen LogP contribution in [-0.2, 0) is 0 Å². The van der Waals surface area contributed by atoms with Gasteiger partial charge < -0.3 is 10.5 Å². The number of hydrogen-bond donors (Lipinski definition) is 1. The predicted molar refractivity (Wildman–Crippen MR) is 63.2 cm³/mol. The lowest BCUT2D eigenvalue weighted by molar-refractivity contribution is -0.139. The molecule has 0 amide bonds. The van der Waals surface area contributed by atoms with Gasteiger partial charge in [-0.25, -0.2) is 0 Å². The van der Waals surface area contributed by atoms with Gasteiger partial charge in [0.25, 0.3) is 0 Å². The fourth-order valence-corrected chi connectivity index (χ4v) is 1.47. The minimum absolute atomic E-state index is 0.107. The van der Waals surface area contributed by atoms with Crippen LogP contribution in [0.5, 0.6) is 5.75 Å². The van der Waals surface area contributed by atoms with E-state index in [2.05, 4.69) is 0 Å². The fourth-order valence-electron chi connectivity index (χ4n) is 1.31. The Kier molecular flexibility index (Phi) is 4.34. The zero-order chi connectivity index (χ0) is 13.1. The molecule has 2 N–H and O–H groups in total. The van der Waals surface area contributed by atoms with Gasteiger partial charge in [-0.1, -0.05) is 24.4 Å². The summed E-state index contributed by atoms with van der Waals surface area (Å²) in [6.45, 7) is 1.29. The van der Waals surface area contributed by atoms with E-state index >= 15 is 0 Å². The lowest BCUT2D eigenvalue weighted by Crippen LogP contribution is -2.16. The second-order valence-corrected chi connectivity index (χ2v) is 3.97.